The Morgan fingerprint density at radius 3 is 2.52 bits per heavy atom. The molecule has 1 saturated heterocycles. The van der Waals surface area contributed by atoms with Gasteiger partial charge in [0.25, 0.3) is 0 Å². The van der Waals surface area contributed by atoms with Crippen molar-refractivity contribution in [2.24, 2.45) is 0 Å². The molecule has 6 nitrogen and oxygen atoms in total. The van der Waals surface area contributed by atoms with Gasteiger partial charge in [-0.15, -0.1) is 0 Å². The van der Waals surface area contributed by atoms with Gasteiger partial charge in [0, 0.05) is 43.6 Å². The van der Waals surface area contributed by atoms with Crippen LogP contribution in [0.3, 0.4) is 0 Å². The lowest BCUT2D eigenvalue weighted by atomic mass is 10.2. The minimum atomic E-state index is -0.0920. The zero-order valence-corrected chi connectivity index (χ0v) is 13.6. The second-order valence-corrected chi connectivity index (χ2v) is 5.99. The summed E-state index contributed by atoms with van der Waals surface area (Å²) in [7, 11) is 2.15. The fourth-order valence-corrected chi connectivity index (χ4v) is 2.69. The molecule has 23 heavy (non-hydrogen) atoms. The number of anilines is 2. The van der Waals surface area contributed by atoms with Gasteiger partial charge < -0.3 is 19.6 Å². The smallest absolute Gasteiger partial charge is 0.230 e. The number of amides is 1. The number of aromatic nitrogens is 1. The molecule has 6 heteroatoms. The number of hydrogen-bond acceptors (Lipinski definition) is 5. The summed E-state index contributed by atoms with van der Waals surface area (Å²) in [5.41, 5.74) is 2.64. The Balaban J connectivity index is 1.55. The third kappa shape index (κ3) is 4.10. The van der Waals surface area contributed by atoms with Crippen LogP contribution in [0.4, 0.5) is 11.4 Å². The fourth-order valence-electron chi connectivity index (χ4n) is 2.69. The number of benzene rings is 1. The molecule has 1 aromatic heterocycles. The lowest BCUT2D eigenvalue weighted by Crippen LogP contribution is -2.44. The van der Waals surface area contributed by atoms with Crippen molar-refractivity contribution in [3.63, 3.8) is 0 Å². The molecule has 1 N–H and O–H groups in total. The van der Waals surface area contributed by atoms with Crippen molar-refractivity contribution in [1.29, 1.82) is 0 Å². The van der Waals surface area contributed by atoms with Gasteiger partial charge in [-0.3, -0.25) is 4.79 Å². The summed E-state index contributed by atoms with van der Waals surface area (Å²) in [6, 6.07) is 9.78. The van der Waals surface area contributed by atoms with Crippen molar-refractivity contribution < 1.29 is 9.32 Å². The highest BCUT2D eigenvalue weighted by Gasteiger charge is 2.14. The Morgan fingerprint density at radius 1 is 1.22 bits per heavy atom. The summed E-state index contributed by atoms with van der Waals surface area (Å²) >= 11 is 0. The zero-order chi connectivity index (χ0) is 16.2. The molecule has 0 radical (unpaired) electrons. The standard InChI is InChI=1S/C17H22N4O2/c1-13-11-15(19-23-13)12-17(22)18-14-3-5-16(6-4-14)21-9-7-20(2)8-10-21/h3-6,11H,7-10,12H2,1-2H3,(H,18,22). The first kappa shape index (κ1) is 15.6. The van der Waals surface area contributed by atoms with Crippen molar-refractivity contribution in [2.45, 2.75) is 13.3 Å². The maximum atomic E-state index is 12.0. The van der Waals surface area contributed by atoms with Gasteiger partial charge in [0.15, 0.2) is 0 Å². The highest BCUT2D eigenvalue weighted by atomic mass is 16.5. The molecule has 1 fully saturated rings. The Bertz CT molecular complexity index is 657. The van der Waals surface area contributed by atoms with E-state index in [0.29, 0.717) is 11.5 Å². The fraction of sp³-hybridized carbons (Fsp3) is 0.412. The summed E-state index contributed by atoms with van der Waals surface area (Å²) in [6.45, 7) is 6.04. The Labute approximate surface area is 136 Å². The molecule has 1 amide bonds. The number of nitrogens with zero attached hydrogens (tertiary/aromatic N) is 3. The van der Waals surface area contributed by atoms with Gasteiger partial charge in [0.1, 0.15) is 5.76 Å². The molecule has 0 aliphatic carbocycles. The third-order valence-corrected chi connectivity index (χ3v) is 4.04. The van der Waals surface area contributed by atoms with Crippen LogP contribution in [-0.4, -0.2) is 49.2 Å². The number of nitrogens with one attached hydrogen (secondary N) is 1. The molecule has 1 aromatic carbocycles. The number of aryl methyl sites for hydroxylation is 1. The van der Waals surface area contributed by atoms with Gasteiger partial charge in [0.2, 0.25) is 5.91 Å². The van der Waals surface area contributed by atoms with Crippen LogP contribution in [0.25, 0.3) is 0 Å². The van der Waals surface area contributed by atoms with Crippen LogP contribution < -0.4 is 10.2 Å². The van der Waals surface area contributed by atoms with Crippen molar-refractivity contribution >= 4 is 17.3 Å². The van der Waals surface area contributed by atoms with E-state index in [1.54, 1.807) is 6.07 Å². The van der Waals surface area contributed by atoms with Crippen molar-refractivity contribution in [2.75, 3.05) is 43.4 Å². The zero-order valence-electron chi connectivity index (χ0n) is 13.6. The molecule has 122 valence electrons. The van der Waals surface area contributed by atoms with Crippen molar-refractivity contribution in [1.82, 2.24) is 10.1 Å². The first-order valence-electron chi connectivity index (χ1n) is 7.86. The molecule has 0 spiro atoms. The predicted molar refractivity (Wildman–Crippen MR) is 89.7 cm³/mol. The van der Waals surface area contributed by atoms with Crippen LogP contribution in [0.2, 0.25) is 0 Å². The second-order valence-electron chi connectivity index (χ2n) is 5.99. The third-order valence-electron chi connectivity index (χ3n) is 4.04. The topological polar surface area (TPSA) is 61.6 Å². The number of hydrogen-bond donors (Lipinski definition) is 1. The van der Waals surface area contributed by atoms with Gasteiger partial charge in [-0.2, -0.15) is 0 Å². The van der Waals surface area contributed by atoms with Crippen molar-refractivity contribution in [3.8, 4) is 0 Å². The van der Waals surface area contributed by atoms with Crippen LogP contribution in [0.5, 0.6) is 0 Å². The average Bonchev–Trinajstić information content (AvgIpc) is 2.94. The summed E-state index contributed by atoms with van der Waals surface area (Å²) in [6.07, 6.45) is 0.220. The maximum absolute atomic E-state index is 12.0. The summed E-state index contributed by atoms with van der Waals surface area (Å²) < 4.78 is 4.97. The summed E-state index contributed by atoms with van der Waals surface area (Å²) in [5.74, 6) is 0.620. The molecule has 0 atom stereocenters. The van der Waals surface area contributed by atoms with E-state index in [9.17, 15) is 4.79 Å². The Morgan fingerprint density at radius 2 is 1.91 bits per heavy atom. The second kappa shape index (κ2) is 6.83. The highest BCUT2D eigenvalue weighted by Crippen LogP contribution is 2.19. The van der Waals surface area contributed by atoms with Gasteiger partial charge in [-0.05, 0) is 38.2 Å². The van der Waals surface area contributed by atoms with Crippen LogP contribution in [0.15, 0.2) is 34.9 Å². The molecular weight excluding hydrogens is 292 g/mol. The lowest BCUT2D eigenvalue weighted by molar-refractivity contribution is -0.115. The summed E-state index contributed by atoms with van der Waals surface area (Å²) in [4.78, 5) is 16.7. The summed E-state index contributed by atoms with van der Waals surface area (Å²) in [5, 5.41) is 6.72. The van der Waals surface area contributed by atoms with E-state index in [1.807, 2.05) is 19.1 Å². The first-order valence-corrected chi connectivity index (χ1v) is 7.86. The van der Waals surface area contributed by atoms with Gasteiger partial charge in [-0.25, -0.2) is 0 Å². The quantitative estimate of drug-likeness (QED) is 0.934. The predicted octanol–water partition coefficient (Wildman–Crippen LogP) is 1.92. The SMILES string of the molecule is Cc1cc(CC(=O)Nc2ccc(N3CCN(C)CC3)cc2)no1. The molecule has 3 rings (SSSR count). The minimum absolute atomic E-state index is 0.0920. The molecule has 2 heterocycles. The van der Waals surface area contributed by atoms with Gasteiger partial charge >= 0.3 is 0 Å². The number of rotatable bonds is 4. The van der Waals surface area contributed by atoms with E-state index >= 15 is 0 Å². The molecule has 1 aliphatic heterocycles. The maximum Gasteiger partial charge on any atom is 0.230 e. The van der Waals surface area contributed by atoms with Crippen LogP contribution in [0.1, 0.15) is 11.5 Å². The molecule has 0 unspecified atom stereocenters. The normalized spacial score (nSPS) is 15.7. The monoisotopic (exact) mass is 314 g/mol. The molecule has 0 saturated carbocycles. The largest absolute Gasteiger partial charge is 0.369 e. The minimum Gasteiger partial charge on any atom is -0.369 e. The Hall–Kier alpha value is -2.34. The lowest BCUT2D eigenvalue weighted by Gasteiger charge is -2.34. The van der Waals surface area contributed by atoms with Crippen LogP contribution in [-0.2, 0) is 11.2 Å². The number of piperazine rings is 1. The van der Waals surface area contributed by atoms with E-state index in [-0.39, 0.29) is 12.3 Å². The highest BCUT2D eigenvalue weighted by molar-refractivity contribution is 5.92. The van der Waals surface area contributed by atoms with E-state index in [4.69, 9.17) is 4.52 Å². The number of likely N-dealkylation sites (N-methyl/N-ethyl adjacent to an activating group) is 1. The molecule has 2 aromatic rings. The molecular formula is C17H22N4O2. The number of carbonyl (C=O) groups is 1. The molecule has 0 bridgehead atoms. The van der Waals surface area contributed by atoms with Gasteiger partial charge in [0.05, 0.1) is 12.1 Å². The molecule has 1 aliphatic rings. The first-order chi connectivity index (χ1) is 11.1. The number of carbonyl (C=O) groups excluding carboxylic acids is 1. The Kier molecular flexibility index (Phi) is 4.62. The van der Waals surface area contributed by atoms with Crippen LogP contribution in [0, 0.1) is 6.92 Å². The van der Waals surface area contributed by atoms with E-state index < -0.39 is 0 Å². The average molecular weight is 314 g/mol. The van der Waals surface area contributed by atoms with E-state index in [0.717, 1.165) is 31.9 Å². The van der Waals surface area contributed by atoms with Gasteiger partial charge in [-0.1, -0.05) is 5.16 Å². The van der Waals surface area contributed by atoms with Crippen LogP contribution >= 0.6 is 0 Å². The van der Waals surface area contributed by atoms with E-state index in [1.165, 1.54) is 5.69 Å². The van der Waals surface area contributed by atoms with Crippen molar-refractivity contribution in [3.05, 3.63) is 41.8 Å². The van der Waals surface area contributed by atoms with E-state index in [2.05, 4.69) is 39.5 Å².